The normalized spacial score (nSPS) is 20.8. The van der Waals surface area contributed by atoms with E-state index < -0.39 is 28.3 Å². The maximum atomic E-state index is 11.6. The lowest BCUT2D eigenvalue weighted by molar-refractivity contribution is 0.00578. The van der Waals surface area contributed by atoms with Crippen molar-refractivity contribution in [3.8, 4) is 5.75 Å². The van der Waals surface area contributed by atoms with Crippen LogP contribution < -0.4 is 14.7 Å². The summed E-state index contributed by atoms with van der Waals surface area (Å²) in [5, 5.41) is 5.23. The van der Waals surface area contributed by atoms with E-state index in [0.29, 0.717) is 11.4 Å². The van der Waals surface area contributed by atoms with E-state index in [2.05, 4.69) is 0 Å². The van der Waals surface area contributed by atoms with Crippen molar-refractivity contribution in [2.75, 3.05) is 6.61 Å². The second-order valence-corrected chi connectivity index (χ2v) is 8.71. The Morgan fingerprint density at radius 1 is 1.29 bits per heavy atom. The van der Waals surface area contributed by atoms with Gasteiger partial charge >= 0.3 is 7.12 Å². The molecule has 0 amide bonds. The van der Waals surface area contributed by atoms with Gasteiger partial charge in [0.2, 0.25) is 0 Å². The van der Waals surface area contributed by atoms with E-state index in [1.54, 1.807) is 13.0 Å². The minimum atomic E-state index is -3.84. The summed E-state index contributed by atoms with van der Waals surface area (Å²) in [5.41, 5.74) is -0.982. The van der Waals surface area contributed by atoms with Crippen molar-refractivity contribution < 1.29 is 22.5 Å². The Balaban J connectivity index is 2.39. The fourth-order valence-electron chi connectivity index (χ4n) is 1.90. The number of primary sulfonamides is 1. The molecule has 1 aromatic rings. The van der Waals surface area contributed by atoms with Crippen molar-refractivity contribution in [3.05, 3.63) is 6.07 Å². The summed E-state index contributed by atoms with van der Waals surface area (Å²) in [5.74, 6) is 0.245. The molecular weight excluding hydrogens is 313 g/mol. The van der Waals surface area contributed by atoms with E-state index in [4.69, 9.17) is 19.2 Å². The lowest BCUT2D eigenvalue weighted by atomic mass is 9.88. The molecule has 0 aliphatic carbocycles. The van der Waals surface area contributed by atoms with Crippen LogP contribution in [0.4, 0.5) is 0 Å². The summed E-state index contributed by atoms with van der Waals surface area (Å²) < 4.78 is 41.1. The number of rotatable bonds is 4. The maximum Gasteiger partial charge on any atom is 0.505 e. The fraction of sp³-hybridized carbons (Fsp3) is 0.667. The fourth-order valence-corrected chi connectivity index (χ4v) is 3.85. The van der Waals surface area contributed by atoms with Gasteiger partial charge in [-0.05, 0) is 40.7 Å². The number of thiophene rings is 1. The minimum Gasteiger partial charge on any atom is -0.492 e. The van der Waals surface area contributed by atoms with E-state index in [0.717, 1.165) is 11.3 Å². The van der Waals surface area contributed by atoms with Crippen LogP contribution in [0.5, 0.6) is 5.75 Å². The van der Waals surface area contributed by atoms with Gasteiger partial charge in [-0.25, -0.2) is 13.6 Å². The molecule has 0 radical (unpaired) electrons. The van der Waals surface area contributed by atoms with Crippen molar-refractivity contribution in [1.29, 1.82) is 0 Å². The van der Waals surface area contributed by atoms with Crippen LogP contribution in [0, 0.1) is 0 Å². The van der Waals surface area contributed by atoms with Crippen LogP contribution in [0.15, 0.2) is 10.3 Å². The smallest absolute Gasteiger partial charge is 0.492 e. The van der Waals surface area contributed by atoms with Crippen molar-refractivity contribution in [2.45, 2.75) is 50.0 Å². The molecule has 1 aliphatic rings. The Morgan fingerprint density at radius 2 is 1.81 bits per heavy atom. The molecule has 2 N–H and O–H groups in total. The minimum absolute atomic E-state index is 0.00550. The topological polar surface area (TPSA) is 87.8 Å². The zero-order valence-electron chi connectivity index (χ0n) is 12.8. The van der Waals surface area contributed by atoms with Crippen LogP contribution in [-0.4, -0.2) is 33.3 Å². The molecule has 2 rings (SSSR count). The average molecular weight is 333 g/mol. The van der Waals surface area contributed by atoms with Crippen LogP contribution in [-0.2, 0) is 19.3 Å². The van der Waals surface area contributed by atoms with Gasteiger partial charge in [0.15, 0.2) is 4.21 Å². The lowest BCUT2D eigenvalue weighted by Crippen LogP contribution is -2.41. The number of hydrogen-bond donors (Lipinski definition) is 1. The summed E-state index contributed by atoms with van der Waals surface area (Å²) >= 11 is 1.02. The van der Waals surface area contributed by atoms with Gasteiger partial charge in [0.05, 0.1) is 17.8 Å². The first kappa shape index (κ1) is 16.8. The maximum absolute atomic E-state index is 11.6. The molecule has 1 aromatic heterocycles. The Kier molecular flexibility index (Phi) is 4.18. The molecule has 6 nitrogen and oxygen atoms in total. The van der Waals surface area contributed by atoms with Crippen LogP contribution in [0.3, 0.4) is 0 Å². The Bertz CT molecular complexity index is 622. The summed E-state index contributed by atoms with van der Waals surface area (Å²) in [6.45, 7) is 9.87. The molecule has 1 saturated heterocycles. The van der Waals surface area contributed by atoms with Gasteiger partial charge in [0.25, 0.3) is 10.0 Å². The van der Waals surface area contributed by atoms with Crippen LogP contribution in [0.2, 0.25) is 0 Å². The van der Waals surface area contributed by atoms with E-state index >= 15 is 0 Å². The van der Waals surface area contributed by atoms with Crippen molar-refractivity contribution in [3.63, 3.8) is 0 Å². The first-order valence-electron chi connectivity index (χ1n) is 6.63. The van der Waals surface area contributed by atoms with Crippen LogP contribution >= 0.6 is 11.3 Å². The Hall–Kier alpha value is -0.605. The first-order valence-corrected chi connectivity index (χ1v) is 8.99. The zero-order chi connectivity index (χ0) is 16.1. The molecule has 1 fully saturated rings. The second-order valence-electron chi connectivity index (χ2n) is 5.87. The van der Waals surface area contributed by atoms with E-state index in [-0.39, 0.29) is 9.96 Å². The Morgan fingerprint density at radius 3 is 2.24 bits per heavy atom. The SMILES string of the molecule is CCOc1cc(B2OC(C)(C)C(C)(C)O2)sc1S(N)(=O)=O. The molecule has 0 aromatic carbocycles. The number of hydrogen-bond acceptors (Lipinski definition) is 6. The molecule has 118 valence electrons. The van der Waals surface area contributed by atoms with Crippen LogP contribution in [0.25, 0.3) is 0 Å². The van der Waals surface area contributed by atoms with Crippen molar-refractivity contribution >= 4 is 33.3 Å². The summed E-state index contributed by atoms with van der Waals surface area (Å²) in [4.78, 5) is 0. The van der Waals surface area contributed by atoms with Gasteiger partial charge < -0.3 is 14.0 Å². The molecule has 9 heteroatoms. The molecule has 21 heavy (non-hydrogen) atoms. The van der Waals surface area contributed by atoms with E-state index in [1.807, 2.05) is 27.7 Å². The van der Waals surface area contributed by atoms with Gasteiger partial charge in [-0.15, -0.1) is 11.3 Å². The van der Waals surface area contributed by atoms with Gasteiger partial charge in [-0.2, -0.15) is 0 Å². The molecule has 1 aliphatic heterocycles. The second kappa shape index (κ2) is 5.24. The molecule has 0 atom stereocenters. The molecule has 0 spiro atoms. The highest BCUT2D eigenvalue weighted by Crippen LogP contribution is 2.38. The number of nitrogens with two attached hydrogens (primary N) is 1. The third-order valence-electron chi connectivity index (χ3n) is 3.73. The van der Waals surface area contributed by atoms with Gasteiger partial charge in [0, 0.05) is 4.78 Å². The quantitative estimate of drug-likeness (QED) is 0.834. The zero-order valence-corrected chi connectivity index (χ0v) is 14.4. The first-order chi connectivity index (χ1) is 9.48. The predicted octanol–water partition coefficient (Wildman–Crippen LogP) is 1.09. The lowest BCUT2D eigenvalue weighted by Gasteiger charge is -2.32. The third-order valence-corrected chi connectivity index (χ3v) is 6.33. The number of sulfonamides is 1. The highest BCUT2D eigenvalue weighted by molar-refractivity contribution is 7.91. The van der Waals surface area contributed by atoms with Gasteiger partial charge in [-0.1, -0.05) is 0 Å². The third kappa shape index (κ3) is 3.12. The highest BCUT2D eigenvalue weighted by Gasteiger charge is 2.52. The van der Waals surface area contributed by atoms with E-state index in [1.165, 1.54) is 0 Å². The molecular formula is C12H20BNO5S2. The highest BCUT2D eigenvalue weighted by atomic mass is 32.2. The van der Waals surface area contributed by atoms with Crippen LogP contribution in [0.1, 0.15) is 34.6 Å². The van der Waals surface area contributed by atoms with Crippen molar-refractivity contribution in [2.24, 2.45) is 5.14 Å². The molecule has 0 unspecified atom stereocenters. The molecule has 0 bridgehead atoms. The van der Waals surface area contributed by atoms with Gasteiger partial charge in [0.1, 0.15) is 5.75 Å². The summed E-state index contributed by atoms with van der Waals surface area (Å²) in [6, 6.07) is 1.62. The summed E-state index contributed by atoms with van der Waals surface area (Å²) in [7, 11) is -4.47. The molecule has 2 heterocycles. The largest absolute Gasteiger partial charge is 0.505 e. The summed E-state index contributed by atoms with van der Waals surface area (Å²) in [6.07, 6.45) is 0. The molecule has 0 saturated carbocycles. The average Bonchev–Trinajstić information content (AvgIpc) is 2.79. The van der Waals surface area contributed by atoms with E-state index in [9.17, 15) is 8.42 Å². The predicted molar refractivity (Wildman–Crippen MR) is 82.6 cm³/mol. The Labute approximate surface area is 129 Å². The van der Waals surface area contributed by atoms with Crippen molar-refractivity contribution in [1.82, 2.24) is 0 Å². The standard InChI is InChI=1S/C12H20BNO5S2/c1-6-17-8-7-9(20-10(8)21(14,15)16)13-18-11(2,3)12(4,5)19-13/h7H,6H2,1-5H3,(H2,14,15,16). The van der Waals surface area contributed by atoms with Gasteiger partial charge in [-0.3, -0.25) is 0 Å². The number of ether oxygens (including phenoxy) is 1. The monoisotopic (exact) mass is 333 g/mol.